The van der Waals surface area contributed by atoms with E-state index in [-0.39, 0.29) is 12.5 Å². The van der Waals surface area contributed by atoms with E-state index in [0.29, 0.717) is 46.1 Å². The summed E-state index contributed by atoms with van der Waals surface area (Å²) in [5.74, 6) is 0.818. The van der Waals surface area contributed by atoms with E-state index in [2.05, 4.69) is 24.8 Å². The Morgan fingerprint density at radius 3 is 2.51 bits per heavy atom. The number of anilines is 4. The van der Waals surface area contributed by atoms with Crippen molar-refractivity contribution >= 4 is 34.8 Å². The molecule has 214 valence electrons. The van der Waals surface area contributed by atoms with Crippen molar-refractivity contribution in [1.82, 2.24) is 29.2 Å². The molecule has 3 aromatic heterocycles. The molecule has 12 heteroatoms. The van der Waals surface area contributed by atoms with Gasteiger partial charge in [0.1, 0.15) is 17.2 Å². The highest BCUT2D eigenvalue weighted by molar-refractivity contribution is 5.98. The number of hydrogen-bond acceptors (Lipinski definition) is 10. The van der Waals surface area contributed by atoms with Gasteiger partial charge in [0, 0.05) is 50.5 Å². The molecule has 12 nitrogen and oxygen atoms in total. The minimum atomic E-state index is -0.535. The molecule has 2 N–H and O–H groups in total. The summed E-state index contributed by atoms with van der Waals surface area (Å²) in [5.41, 5.74) is 9.90. The van der Waals surface area contributed by atoms with Crippen LogP contribution in [0.25, 0.3) is 17.0 Å². The van der Waals surface area contributed by atoms with Crippen LogP contribution in [-0.2, 0) is 9.47 Å². The number of rotatable bonds is 7. The third-order valence-electron chi connectivity index (χ3n) is 7.47. The summed E-state index contributed by atoms with van der Waals surface area (Å²) in [6.45, 7) is 11.6. The third-order valence-corrected chi connectivity index (χ3v) is 7.47. The summed E-state index contributed by atoms with van der Waals surface area (Å²) < 4.78 is 12.9. The van der Waals surface area contributed by atoms with E-state index in [0.717, 1.165) is 45.1 Å². The first-order valence-corrected chi connectivity index (χ1v) is 13.9. The van der Waals surface area contributed by atoms with Crippen LogP contribution in [0.4, 0.5) is 27.8 Å². The fraction of sp³-hybridized carbons (Fsp3) is 0.414. The first kappa shape index (κ1) is 26.9. The van der Waals surface area contributed by atoms with Crippen LogP contribution >= 0.6 is 0 Å². The van der Waals surface area contributed by atoms with E-state index >= 15 is 0 Å². The maximum Gasteiger partial charge on any atom is 0.420 e. The van der Waals surface area contributed by atoms with Gasteiger partial charge in [-0.3, -0.25) is 9.88 Å². The van der Waals surface area contributed by atoms with Gasteiger partial charge in [-0.05, 0) is 37.1 Å². The number of nitrogens with two attached hydrogens (primary N) is 1. The minimum absolute atomic E-state index is 0.171. The Bertz CT molecular complexity index is 1530. The molecule has 0 spiro atoms. The number of imidazole rings is 1. The van der Waals surface area contributed by atoms with Gasteiger partial charge in [-0.2, -0.15) is 0 Å². The van der Waals surface area contributed by atoms with Gasteiger partial charge in [0.05, 0.1) is 43.4 Å². The normalized spacial score (nSPS) is 16.2. The Kier molecular flexibility index (Phi) is 7.41. The van der Waals surface area contributed by atoms with Crippen molar-refractivity contribution in [3.8, 4) is 11.4 Å². The van der Waals surface area contributed by atoms with Crippen LogP contribution < -0.4 is 15.5 Å². The van der Waals surface area contributed by atoms with Crippen molar-refractivity contribution in [1.29, 1.82) is 0 Å². The molecule has 4 aromatic rings. The molecule has 0 unspecified atom stereocenters. The second kappa shape index (κ2) is 11.3. The maximum absolute atomic E-state index is 13.6. The molecule has 1 aromatic carbocycles. The van der Waals surface area contributed by atoms with Crippen molar-refractivity contribution in [2.75, 3.05) is 61.5 Å². The quantitative estimate of drug-likeness (QED) is 0.360. The molecular weight excluding hydrogens is 522 g/mol. The first-order chi connectivity index (χ1) is 19.9. The fourth-order valence-electron chi connectivity index (χ4n) is 4.98. The zero-order valence-corrected chi connectivity index (χ0v) is 23.6. The molecule has 2 aliphatic heterocycles. The van der Waals surface area contributed by atoms with Crippen LogP contribution in [0.2, 0.25) is 0 Å². The standard InChI is InChI=1S/C29H35N9O3/c1-19(2)16-41-29(39)38(22-6-4-21(5-7-22)35-10-12-36(13-11-35)23-17-40-18-23)28-27-31-8-9-37(27)15-25(34-28)24-14-32-20(3)26(30)33-24/h4-9,14-15,19,23H,10-13,16-18H2,1-3H3,(H2,30,33). The third kappa shape index (κ3) is 5.52. The first-order valence-electron chi connectivity index (χ1n) is 13.9. The Morgan fingerprint density at radius 1 is 1.10 bits per heavy atom. The minimum Gasteiger partial charge on any atom is -0.449 e. The summed E-state index contributed by atoms with van der Waals surface area (Å²) in [7, 11) is 0. The van der Waals surface area contributed by atoms with E-state index in [4.69, 9.17) is 20.2 Å². The molecule has 2 saturated heterocycles. The van der Waals surface area contributed by atoms with Gasteiger partial charge in [-0.15, -0.1) is 0 Å². The lowest BCUT2D eigenvalue weighted by molar-refractivity contribution is -0.0660. The molecule has 41 heavy (non-hydrogen) atoms. The van der Waals surface area contributed by atoms with Gasteiger partial charge in [-0.1, -0.05) is 13.8 Å². The summed E-state index contributed by atoms with van der Waals surface area (Å²) in [6, 6.07) is 8.48. The van der Waals surface area contributed by atoms with E-state index in [1.807, 2.05) is 38.1 Å². The number of amides is 1. The molecule has 0 aliphatic carbocycles. The van der Waals surface area contributed by atoms with Crippen molar-refractivity contribution in [3.63, 3.8) is 0 Å². The molecule has 6 rings (SSSR count). The molecule has 0 atom stereocenters. The van der Waals surface area contributed by atoms with E-state index < -0.39 is 6.09 Å². The van der Waals surface area contributed by atoms with E-state index in [9.17, 15) is 4.79 Å². The molecule has 0 saturated carbocycles. The zero-order chi connectivity index (χ0) is 28.5. The second-order valence-electron chi connectivity index (χ2n) is 10.9. The molecule has 0 radical (unpaired) electrons. The van der Waals surface area contributed by atoms with Gasteiger partial charge >= 0.3 is 6.09 Å². The number of benzene rings is 1. The lowest BCUT2D eigenvalue weighted by Gasteiger charge is -2.43. The zero-order valence-electron chi connectivity index (χ0n) is 23.6. The number of carbonyl (C=O) groups excluding carboxylic acids is 1. The van der Waals surface area contributed by atoms with Crippen LogP contribution in [0.1, 0.15) is 19.5 Å². The molecule has 0 bridgehead atoms. The Balaban J connectivity index is 1.34. The summed E-state index contributed by atoms with van der Waals surface area (Å²) in [5, 5.41) is 0. The van der Waals surface area contributed by atoms with Gasteiger partial charge in [0.2, 0.25) is 0 Å². The van der Waals surface area contributed by atoms with Gasteiger partial charge in [-0.25, -0.2) is 24.6 Å². The number of aryl methyl sites for hydroxylation is 1. The smallest absolute Gasteiger partial charge is 0.420 e. The SMILES string of the molecule is Cc1ncc(-c2cn3ccnc3c(N(C(=O)OCC(C)C)c3ccc(N4CCN(C5COC5)CC4)cc3)n2)nc1N. The maximum atomic E-state index is 13.6. The number of nitrogens with zero attached hydrogens (tertiary/aromatic N) is 8. The highest BCUT2D eigenvalue weighted by Gasteiger charge is 2.30. The number of fused-ring (bicyclic) bond motifs is 1. The van der Waals surface area contributed by atoms with Gasteiger partial charge < -0.3 is 24.5 Å². The Labute approximate surface area is 238 Å². The largest absolute Gasteiger partial charge is 0.449 e. The average Bonchev–Trinajstić information content (AvgIpc) is 3.42. The Morgan fingerprint density at radius 2 is 1.85 bits per heavy atom. The number of hydrogen-bond donors (Lipinski definition) is 1. The van der Waals surface area contributed by atoms with E-state index in [1.165, 1.54) is 4.90 Å². The highest BCUT2D eigenvalue weighted by atomic mass is 16.6. The molecular formula is C29H35N9O3. The molecule has 2 aliphatic rings. The van der Waals surface area contributed by atoms with Gasteiger partial charge in [0.15, 0.2) is 11.5 Å². The van der Waals surface area contributed by atoms with Crippen molar-refractivity contribution in [2.45, 2.75) is 26.8 Å². The number of piperazine rings is 1. The monoisotopic (exact) mass is 557 g/mol. The highest BCUT2D eigenvalue weighted by Crippen LogP contribution is 2.32. The van der Waals surface area contributed by atoms with Crippen LogP contribution in [0.3, 0.4) is 0 Å². The Hall–Kier alpha value is -4.29. The topological polar surface area (TPSA) is 127 Å². The van der Waals surface area contributed by atoms with Crippen LogP contribution in [-0.4, -0.2) is 87.4 Å². The predicted octanol–water partition coefficient (Wildman–Crippen LogP) is 3.53. The summed E-state index contributed by atoms with van der Waals surface area (Å²) in [4.78, 5) is 38.1. The summed E-state index contributed by atoms with van der Waals surface area (Å²) >= 11 is 0. The van der Waals surface area contributed by atoms with Crippen LogP contribution in [0.5, 0.6) is 0 Å². The predicted molar refractivity (Wildman–Crippen MR) is 156 cm³/mol. The number of aromatic nitrogens is 5. The molecule has 2 fully saturated rings. The van der Waals surface area contributed by atoms with Gasteiger partial charge in [0.25, 0.3) is 0 Å². The summed E-state index contributed by atoms with van der Waals surface area (Å²) in [6.07, 6.45) is 6.34. The van der Waals surface area contributed by atoms with Crippen molar-refractivity contribution in [3.05, 3.63) is 54.7 Å². The molecule has 1 amide bonds. The lowest BCUT2D eigenvalue weighted by atomic mass is 10.1. The van der Waals surface area contributed by atoms with Crippen molar-refractivity contribution in [2.24, 2.45) is 5.92 Å². The number of nitrogen functional groups attached to an aromatic ring is 1. The number of carbonyl (C=O) groups is 1. The molecule has 5 heterocycles. The lowest BCUT2D eigenvalue weighted by Crippen LogP contribution is -2.56. The fourth-order valence-corrected chi connectivity index (χ4v) is 4.98. The van der Waals surface area contributed by atoms with Crippen molar-refractivity contribution < 1.29 is 14.3 Å². The van der Waals surface area contributed by atoms with Crippen LogP contribution in [0, 0.1) is 12.8 Å². The van der Waals surface area contributed by atoms with Crippen LogP contribution in [0.15, 0.2) is 49.1 Å². The number of ether oxygens (including phenoxy) is 2. The second-order valence-corrected chi connectivity index (χ2v) is 10.9. The van der Waals surface area contributed by atoms with E-state index in [1.54, 1.807) is 36.1 Å². The average molecular weight is 558 g/mol.